The van der Waals surface area contributed by atoms with E-state index in [-0.39, 0.29) is 12.0 Å². The van der Waals surface area contributed by atoms with Gasteiger partial charge in [-0.3, -0.25) is 9.78 Å². The zero-order valence-electron chi connectivity index (χ0n) is 19.6. The number of benzene rings is 1. The van der Waals surface area contributed by atoms with E-state index in [1.165, 1.54) is 6.42 Å². The van der Waals surface area contributed by atoms with Crippen molar-refractivity contribution in [1.29, 1.82) is 0 Å². The number of pyridine rings is 1. The summed E-state index contributed by atoms with van der Waals surface area (Å²) in [7, 11) is 3.47. The number of rotatable bonds is 6. The average Bonchev–Trinajstić information content (AvgIpc) is 3.44. The molecule has 3 heterocycles. The lowest BCUT2D eigenvalue weighted by atomic mass is 10.1. The molecule has 0 aliphatic heterocycles. The molecular weight excluding hydrogens is 428 g/mol. The van der Waals surface area contributed by atoms with Crippen molar-refractivity contribution in [1.82, 2.24) is 24.8 Å². The number of hydrogen-bond donors (Lipinski definition) is 2. The molecule has 8 heteroatoms. The van der Waals surface area contributed by atoms with Crippen LogP contribution in [0.4, 0.5) is 11.6 Å². The number of ether oxygens (including phenoxy) is 1. The second kappa shape index (κ2) is 9.13. The van der Waals surface area contributed by atoms with Gasteiger partial charge in [0.15, 0.2) is 0 Å². The van der Waals surface area contributed by atoms with Crippen LogP contribution in [-0.4, -0.2) is 50.9 Å². The number of H-pyrrole nitrogens is 1. The van der Waals surface area contributed by atoms with Crippen LogP contribution in [0.25, 0.3) is 22.3 Å². The van der Waals surface area contributed by atoms with Crippen LogP contribution in [-0.2, 0) is 0 Å². The fourth-order valence-electron chi connectivity index (χ4n) is 4.33. The standard InChI is InChI=1S/C26H28N6O2/c1-16-4-7-19(12-16)34-20-8-10-27-23(15-20)21-9-11-28-26(31-21)29-18-6-5-17-13-24(25(33)32(2)3)30-22(17)14-18/h5-6,8-11,13-16,19,30H,4,7,12H2,1-3H3,(H,28,29,31). The number of amides is 1. The molecule has 2 atom stereocenters. The van der Waals surface area contributed by atoms with Crippen molar-refractivity contribution in [3.05, 3.63) is 60.6 Å². The first-order valence-corrected chi connectivity index (χ1v) is 11.5. The summed E-state index contributed by atoms with van der Waals surface area (Å²) in [4.78, 5) is 30.5. The number of anilines is 2. The lowest BCUT2D eigenvalue weighted by Crippen LogP contribution is -2.21. The molecule has 1 fully saturated rings. The van der Waals surface area contributed by atoms with Crippen molar-refractivity contribution in [3.8, 4) is 17.1 Å². The van der Waals surface area contributed by atoms with Crippen molar-refractivity contribution in [2.45, 2.75) is 32.3 Å². The molecule has 34 heavy (non-hydrogen) atoms. The summed E-state index contributed by atoms with van der Waals surface area (Å²) < 4.78 is 6.18. The molecule has 1 amide bonds. The summed E-state index contributed by atoms with van der Waals surface area (Å²) in [5, 5.41) is 4.21. The lowest BCUT2D eigenvalue weighted by Gasteiger charge is -2.14. The Balaban J connectivity index is 1.34. The van der Waals surface area contributed by atoms with E-state index >= 15 is 0 Å². The Labute approximate surface area is 198 Å². The number of nitrogens with one attached hydrogen (secondary N) is 2. The monoisotopic (exact) mass is 456 g/mol. The molecule has 5 rings (SSSR count). The number of carbonyl (C=O) groups is 1. The van der Waals surface area contributed by atoms with E-state index in [2.05, 4.69) is 32.2 Å². The molecule has 1 saturated carbocycles. The topological polar surface area (TPSA) is 96.0 Å². The van der Waals surface area contributed by atoms with Crippen molar-refractivity contribution in [2.75, 3.05) is 19.4 Å². The molecule has 0 bridgehead atoms. The number of hydrogen-bond acceptors (Lipinski definition) is 6. The lowest BCUT2D eigenvalue weighted by molar-refractivity contribution is 0.0823. The Morgan fingerprint density at radius 1 is 1.06 bits per heavy atom. The highest BCUT2D eigenvalue weighted by atomic mass is 16.5. The Kier molecular flexibility index (Phi) is 5.88. The quantitative estimate of drug-likeness (QED) is 0.422. The molecular formula is C26H28N6O2. The molecule has 4 aromatic rings. The SMILES string of the molecule is CC1CCC(Oc2ccnc(-c3ccnc(Nc4ccc5cc(C(=O)N(C)C)[nH]c5c4)n3)c2)C1. The summed E-state index contributed by atoms with van der Waals surface area (Å²) in [6, 6.07) is 13.3. The maximum Gasteiger partial charge on any atom is 0.269 e. The number of nitrogens with zero attached hydrogens (tertiary/aromatic N) is 4. The molecule has 0 saturated heterocycles. The van der Waals surface area contributed by atoms with Gasteiger partial charge in [-0.15, -0.1) is 0 Å². The number of aromatic amines is 1. The maximum atomic E-state index is 12.2. The highest BCUT2D eigenvalue weighted by Gasteiger charge is 2.23. The van der Waals surface area contributed by atoms with Gasteiger partial charge in [-0.1, -0.05) is 13.0 Å². The summed E-state index contributed by atoms with van der Waals surface area (Å²) in [6.07, 6.45) is 7.13. The van der Waals surface area contributed by atoms with E-state index < -0.39 is 0 Å². The van der Waals surface area contributed by atoms with Crippen molar-refractivity contribution >= 4 is 28.4 Å². The van der Waals surface area contributed by atoms with Gasteiger partial charge in [0.2, 0.25) is 5.95 Å². The minimum atomic E-state index is -0.0668. The number of fused-ring (bicyclic) bond motifs is 1. The number of aromatic nitrogens is 4. The maximum absolute atomic E-state index is 12.2. The third-order valence-corrected chi connectivity index (χ3v) is 6.11. The summed E-state index contributed by atoms with van der Waals surface area (Å²) in [5.41, 5.74) is 3.67. The predicted molar refractivity (Wildman–Crippen MR) is 132 cm³/mol. The van der Waals surface area contributed by atoms with Gasteiger partial charge >= 0.3 is 0 Å². The third kappa shape index (κ3) is 4.71. The van der Waals surface area contributed by atoms with Crippen LogP contribution in [0.3, 0.4) is 0 Å². The third-order valence-electron chi connectivity index (χ3n) is 6.11. The Morgan fingerprint density at radius 3 is 2.71 bits per heavy atom. The zero-order valence-corrected chi connectivity index (χ0v) is 19.6. The summed E-state index contributed by atoms with van der Waals surface area (Å²) >= 11 is 0. The Bertz CT molecular complexity index is 1330. The van der Waals surface area contributed by atoms with Gasteiger partial charge in [0.25, 0.3) is 5.91 Å². The van der Waals surface area contributed by atoms with Gasteiger partial charge in [-0.2, -0.15) is 0 Å². The molecule has 1 aliphatic rings. The number of carbonyl (C=O) groups excluding carboxylic acids is 1. The van der Waals surface area contributed by atoms with Crippen molar-refractivity contribution < 1.29 is 9.53 Å². The second-order valence-electron chi connectivity index (χ2n) is 9.11. The van der Waals surface area contributed by atoms with Crippen molar-refractivity contribution in [2.24, 2.45) is 5.92 Å². The first kappa shape index (κ1) is 21.9. The van der Waals surface area contributed by atoms with Crippen LogP contribution >= 0.6 is 0 Å². The molecule has 1 aliphatic carbocycles. The van der Waals surface area contributed by atoms with E-state index in [0.29, 0.717) is 23.3 Å². The van der Waals surface area contributed by atoms with Gasteiger partial charge in [0, 0.05) is 49.1 Å². The van der Waals surface area contributed by atoms with E-state index in [9.17, 15) is 4.79 Å². The Hall–Kier alpha value is -3.94. The first-order chi connectivity index (χ1) is 16.4. The van der Waals surface area contributed by atoms with Gasteiger partial charge in [-0.25, -0.2) is 9.97 Å². The van der Waals surface area contributed by atoms with E-state index in [1.807, 2.05) is 42.5 Å². The van der Waals surface area contributed by atoms with Crippen LogP contribution < -0.4 is 10.1 Å². The molecule has 3 aromatic heterocycles. The van der Waals surface area contributed by atoms with Crippen LogP contribution in [0.5, 0.6) is 5.75 Å². The molecule has 8 nitrogen and oxygen atoms in total. The normalized spacial score (nSPS) is 17.6. The van der Waals surface area contributed by atoms with Gasteiger partial charge in [0.05, 0.1) is 17.5 Å². The molecule has 2 unspecified atom stereocenters. The molecule has 2 N–H and O–H groups in total. The smallest absolute Gasteiger partial charge is 0.269 e. The highest BCUT2D eigenvalue weighted by Crippen LogP contribution is 2.30. The zero-order chi connectivity index (χ0) is 23.7. The van der Waals surface area contributed by atoms with Crippen LogP contribution in [0, 0.1) is 5.92 Å². The van der Waals surface area contributed by atoms with Crippen LogP contribution in [0.2, 0.25) is 0 Å². The minimum Gasteiger partial charge on any atom is -0.490 e. The molecule has 174 valence electrons. The summed E-state index contributed by atoms with van der Waals surface area (Å²) in [5.74, 6) is 1.93. The fourth-order valence-corrected chi connectivity index (χ4v) is 4.33. The van der Waals surface area contributed by atoms with Crippen molar-refractivity contribution in [3.63, 3.8) is 0 Å². The van der Waals surface area contributed by atoms with Gasteiger partial charge < -0.3 is 19.9 Å². The minimum absolute atomic E-state index is 0.0668. The molecule has 0 spiro atoms. The fraction of sp³-hybridized carbons (Fsp3) is 0.308. The molecule has 0 radical (unpaired) electrons. The predicted octanol–water partition coefficient (Wildman–Crippen LogP) is 5.03. The Morgan fingerprint density at radius 2 is 1.91 bits per heavy atom. The first-order valence-electron chi connectivity index (χ1n) is 11.5. The second-order valence-corrected chi connectivity index (χ2v) is 9.11. The molecule has 1 aromatic carbocycles. The summed E-state index contributed by atoms with van der Waals surface area (Å²) in [6.45, 7) is 2.27. The van der Waals surface area contributed by atoms with Gasteiger partial charge in [-0.05, 0) is 55.5 Å². The van der Waals surface area contributed by atoms with E-state index in [4.69, 9.17) is 4.74 Å². The highest BCUT2D eigenvalue weighted by molar-refractivity contribution is 5.98. The van der Waals surface area contributed by atoms with Gasteiger partial charge in [0.1, 0.15) is 11.4 Å². The van der Waals surface area contributed by atoms with Crippen LogP contribution in [0.15, 0.2) is 54.9 Å². The average molecular weight is 457 g/mol. The van der Waals surface area contributed by atoms with Crippen LogP contribution in [0.1, 0.15) is 36.7 Å². The van der Waals surface area contributed by atoms with E-state index in [0.717, 1.165) is 40.9 Å². The van der Waals surface area contributed by atoms with E-state index in [1.54, 1.807) is 31.4 Å². The largest absolute Gasteiger partial charge is 0.490 e.